The van der Waals surface area contributed by atoms with Gasteiger partial charge in [-0.25, -0.2) is 0 Å². The van der Waals surface area contributed by atoms with Gasteiger partial charge in [-0.05, 0) is 26.8 Å². The summed E-state index contributed by atoms with van der Waals surface area (Å²) >= 11 is 0. The normalized spacial score (nSPS) is 12.3. The number of amides is 1. The van der Waals surface area contributed by atoms with Gasteiger partial charge in [0, 0.05) is 27.8 Å². The Morgan fingerprint density at radius 1 is 0.903 bits per heavy atom. The zero-order valence-electron chi connectivity index (χ0n) is 18.1. The van der Waals surface area contributed by atoms with Crippen LogP contribution in [-0.2, 0) is 4.79 Å². The Morgan fingerprint density at radius 3 is 2.19 bits per heavy atom. The van der Waals surface area contributed by atoms with E-state index in [1.54, 1.807) is 26.2 Å². The number of carbonyl (C=O) groups is 2. The third-order valence-electron chi connectivity index (χ3n) is 5.39. The van der Waals surface area contributed by atoms with Gasteiger partial charge in [-0.15, -0.1) is 0 Å². The smallest absolute Gasteiger partial charge is 0.230 e. The minimum atomic E-state index is -0.637. The molecule has 1 amide bonds. The lowest BCUT2D eigenvalue weighted by Crippen LogP contribution is -2.33. The van der Waals surface area contributed by atoms with Gasteiger partial charge in [-0.3, -0.25) is 9.59 Å². The molecule has 1 aromatic heterocycles. The van der Waals surface area contributed by atoms with Crippen LogP contribution in [0.25, 0.3) is 21.7 Å². The van der Waals surface area contributed by atoms with E-state index in [-0.39, 0.29) is 17.7 Å². The molecule has 1 atom stereocenters. The first-order valence-corrected chi connectivity index (χ1v) is 10.3. The first-order chi connectivity index (χ1) is 14.9. The number of ketones is 1. The van der Waals surface area contributed by atoms with Crippen LogP contribution >= 0.6 is 0 Å². The lowest BCUT2D eigenvalue weighted by Gasteiger charge is -2.14. The molecule has 0 spiro atoms. The number of benzene rings is 3. The Bertz CT molecular complexity index is 1270. The Labute approximate surface area is 181 Å². The minimum absolute atomic E-state index is 0.0199. The third kappa shape index (κ3) is 3.67. The summed E-state index contributed by atoms with van der Waals surface area (Å²) < 4.78 is 11.9. The van der Waals surface area contributed by atoms with E-state index < -0.39 is 5.92 Å². The molecule has 3 aromatic carbocycles. The Balaban J connectivity index is 2.02. The van der Waals surface area contributed by atoms with Crippen molar-refractivity contribution in [3.05, 3.63) is 77.6 Å². The molecule has 0 fully saturated rings. The molecule has 0 aliphatic heterocycles. The zero-order chi connectivity index (χ0) is 22.1. The third-order valence-corrected chi connectivity index (χ3v) is 5.39. The lowest BCUT2D eigenvalue weighted by atomic mass is 9.94. The van der Waals surface area contributed by atoms with Gasteiger partial charge < -0.3 is 14.5 Å². The zero-order valence-corrected chi connectivity index (χ0v) is 18.1. The summed E-state index contributed by atoms with van der Waals surface area (Å²) in [7, 11) is 1.60. The van der Waals surface area contributed by atoms with Gasteiger partial charge >= 0.3 is 0 Å². The van der Waals surface area contributed by atoms with E-state index in [1.807, 2.05) is 62.4 Å². The van der Waals surface area contributed by atoms with Gasteiger partial charge in [0.25, 0.3) is 0 Å². The van der Waals surface area contributed by atoms with Gasteiger partial charge in [-0.1, -0.05) is 54.6 Å². The minimum Gasteiger partial charge on any atom is -0.496 e. The van der Waals surface area contributed by atoms with Gasteiger partial charge in [0.2, 0.25) is 5.91 Å². The summed E-state index contributed by atoms with van der Waals surface area (Å²) in [5, 5.41) is 5.28. The molecular formula is C26H25NO4. The van der Waals surface area contributed by atoms with Crippen molar-refractivity contribution in [3.8, 4) is 5.75 Å². The summed E-state index contributed by atoms with van der Waals surface area (Å²) in [6.07, 6.45) is 0. The fraction of sp³-hybridized carbons (Fsp3) is 0.231. The van der Waals surface area contributed by atoms with Crippen molar-refractivity contribution in [3.63, 3.8) is 0 Å². The number of hydrogen-bond donors (Lipinski definition) is 1. The first kappa shape index (κ1) is 20.7. The fourth-order valence-electron chi connectivity index (χ4n) is 3.88. The number of fused-ring (bicyclic) bond motifs is 3. The molecular weight excluding hydrogens is 390 g/mol. The molecule has 0 bridgehead atoms. The number of carbonyl (C=O) groups excluding carboxylic acids is 2. The van der Waals surface area contributed by atoms with Crippen LogP contribution < -0.4 is 10.1 Å². The largest absolute Gasteiger partial charge is 0.496 e. The highest BCUT2D eigenvalue weighted by Gasteiger charge is 2.30. The highest BCUT2D eigenvalue weighted by Crippen LogP contribution is 2.40. The summed E-state index contributed by atoms with van der Waals surface area (Å²) in [6, 6.07) is 18.6. The van der Waals surface area contributed by atoms with E-state index in [0.717, 1.165) is 10.8 Å². The van der Waals surface area contributed by atoms with E-state index in [4.69, 9.17) is 9.15 Å². The van der Waals surface area contributed by atoms with E-state index in [9.17, 15) is 9.59 Å². The van der Waals surface area contributed by atoms with E-state index >= 15 is 0 Å². The van der Waals surface area contributed by atoms with Crippen LogP contribution in [0, 0.1) is 0 Å². The van der Waals surface area contributed by atoms with Crippen molar-refractivity contribution in [1.29, 1.82) is 0 Å². The van der Waals surface area contributed by atoms with Crippen molar-refractivity contribution in [2.24, 2.45) is 0 Å². The predicted octanol–water partition coefficient (Wildman–Crippen LogP) is 5.45. The fourth-order valence-corrected chi connectivity index (χ4v) is 3.88. The molecule has 0 aliphatic rings. The van der Waals surface area contributed by atoms with Crippen LogP contribution in [-0.4, -0.2) is 24.8 Å². The molecule has 5 nitrogen and oxygen atoms in total. The monoisotopic (exact) mass is 415 g/mol. The van der Waals surface area contributed by atoms with Crippen molar-refractivity contribution >= 4 is 33.4 Å². The topological polar surface area (TPSA) is 68.5 Å². The van der Waals surface area contributed by atoms with Crippen LogP contribution in [0.1, 0.15) is 48.4 Å². The number of methoxy groups -OCH3 is 1. The summed E-state index contributed by atoms with van der Waals surface area (Å²) in [4.78, 5) is 26.4. The Kier molecular flexibility index (Phi) is 5.51. The highest BCUT2D eigenvalue weighted by atomic mass is 16.5. The number of ether oxygens (including phenoxy) is 1. The van der Waals surface area contributed by atoms with Gasteiger partial charge in [-0.2, -0.15) is 0 Å². The molecule has 4 aromatic rings. The molecule has 5 heteroatoms. The van der Waals surface area contributed by atoms with Crippen LogP contribution in [0.5, 0.6) is 5.75 Å². The van der Waals surface area contributed by atoms with E-state index in [2.05, 4.69) is 5.32 Å². The maximum Gasteiger partial charge on any atom is 0.230 e. The molecule has 158 valence electrons. The average Bonchev–Trinajstić information content (AvgIpc) is 3.17. The van der Waals surface area contributed by atoms with Crippen LogP contribution in [0.2, 0.25) is 0 Å². The first-order valence-electron chi connectivity index (χ1n) is 10.3. The second-order valence-corrected chi connectivity index (χ2v) is 7.92. The van der Waals surface area contributed by atoms with E-state index in [0.29, 0.717) is 33.6 Å². The van der Waals surface area contributed by atoms with Gasteiger partial charge in [0.15, 0.2) is 5.78 Å². The molecule has 31 heavy (non-hydrogen) atoms. The van der Waals surface area contributed by atoms with Crippen LogP contribution in [0.15, 0.2) is 65.1 Å². The van der Waals surface area contributed by atoms with Crippen molar-refractivity contribution in [2.45, 2.75) is 32.7 Å². The molecule has 0 radical (unpaired) electrons. The second-order valence-electron chi connectivity index (χ2n) is 7.92. The average molecular weight is 415 g/mol. The second kappa shape index (κ2) is 8.26. The maximum absolute atomic E-state index is 13.6. The number of nitrogens with one attached hydrogen (secondary N) is 1. The van der Waals surface area contributed by atoms with Crippen LogP contribution in [0.3, 0.4) is 0 Å². The van der Waals surface area contributed by atoms with E-state index in [1.165, 1.54) is 0 Å². The SMILES string of the molecule is COc1cc2c(C(=O)c3ccccc3)c(C(C)C(=O)NC(C)C)oc2c2ccccc12. The molecule has 4 rings (SSSR count). The Morgan fingerprint density at radius 2 is 1.55 bits per heavy atom. The molecule has 0 aliphatic carbocycles. The molecule has 1 heterocycles. The number of furan rings is 1. The Hall–Kier alpha value is -3.60. The quantitative estimate of drug-likeness (QED) is 0.425. The highest BCUT2D eigenvalue weighted by molar-refractivity contribution is 6.21. The summed E-state index contributed by atoms with van der Waals surface area (Å²) in [5.74, 6) is 0.00259. The molecule has 1 N–H and O–H groups in total. The summed E-state index contributed by atoms with van der Waals surface area (Å²) in [5.41, 5.74) is 1.52. The molecule has 0 saturated carbocycles. The van der Waals surface area contributed by atoms with Crippen molar-refractivity contribution in [1.82, 2.24) is 5.32 Å². The maximum atomic E-state index is 13.6. The summed E-state index contributed by atoms with van der Waals surface area (Å²) in [6.45, 7) is 5.56. The predicted molar refractivity (Wildman–Crippen MR) is 122 cm³/mol. The van der Waals surface area contributed by atoms with Gasteiger partial charge in [0.1, 0.15) is 17.1 Å². The lowest BCUT2D eigenvalue weighted by molar-refractivity contribution is -0.123. The van der Waals surface area contributed by atoms with Gasteiger partial charge in [0.05, 0.1) is 18.6 Å². The van der Waals surface area contributed by atoms with Crippen molar-refractivity contribution in [2.75, 3.05) is 7.11 Å². The van der Waals surface area contributed by atoms with Crippen molar-refractivity contribution < 1.29 is 18.7 Å². The molecule has 0 saturated heterocycles. The molecule has 1 unspecified atom stereocenters. The standard InChI is InChI=1S/C26H25NO4/c1-15(2)27-26(29)16(3)24-22(23(28)17-10-6-5-7-11-17)20-14-21(30-4)18-12-8-9-13-19(18)25(20)31-24/h5-16H,1-4H3,(H,27,29). The number of rotatable bonds is 6. The number of hydrogen-bond acceptors (Lipinski definition) is 4. The van der Waals surface area contributed by atoms with Crippen LogP contribution in [0.4, 0.5) is 0 Å².